The summed E-state index contributed by atoms with van der Waals surface area (Å²) in [5.74, 6) is 1.54. The summed E-state index contributed by atoms with van der Waals surface area (Å²) in [4.78, 5) is 6.79. The molecule has 2 aliphatic rings. The van der Waals surface area contributed by atoms with Crippen LogP contribution in [-0.4, -0.2) is 24.0 Å². The largest absolute Gasteiger partial charge is 0.508 e. The van der Waals surface area contributed by atoms with Gasteiger partial charge in [-0.05, 0) is 24.5 Å². The molecule has 0 saturated heterocycles. The Morgan fingerprint density at radius 3 is 3.13 bits per heavy atom. The van der Waals surface area contributed by atoms with Crippen LogP contribution in [-0.2, 0) is 6.42 Å². The lowest BCUT2D eigenvalue weighted by atomic mass is 9.99. The monoisotopic (exact) mass is 202 g/mol. The van der Waals surface area contributed by atoms with Crippen molar-refractivity contribution >= 4 is 11.5 Å². The highest BCUT2D eigenvalue weighted by Gasteiger charge is 2.24. The summed E-state index contributed by atoms with van der Waals surface area (Å²) >= 11 is 0. The van der Waals surface area contributed by atoms with Gasteiger partial charge < -0.3 is 10.0 Å². The second kappa shape index (κ2) is 3.26. The van der Waals surface area contributed by atoms with Crippen LogP contribution in [0.2, 0.25) is 0 Å². The Labute approximate surface area is 89.1 Å². The van der Waals surface area contributed by atoms with Gasteiger partial charge in [-0.15, -0.1) is 0 Å². The van der Waals surface area contributed by atoms with Gasteiger partial charge in [-0.1, -0.05) is 6.07 Å². The fourth-order valence-electron chi connectivity index (χ4n) is 2.39. The van der Waals surface area contributed by atoms with E-state index in [0.29, 0.717) is 5.75 Å². The number of aromatic hydroxyl groups is 1. The van der Waals surface area contributed by atoms with Crippen LogP contribution < -0.4 is 4.90 Å². The van der Waals surface area contributed by atoms with E-state index in [1.807, 2.05) is 12.1 Å². The number of phenols is 1. The number of amidine groups is 1. The summed E-state index contributed by atoms with van der Waals surface area (Å²) in [5, 5.41) is 9.51. The number of aliphatic imine (C=N–C) groups is 1. The lowest BCUT2D eigenvalue weighted by molar-refractivity contribution is 0.475. The van der Waals surface area contributed by atoms with Gasteiger partial charge in [0.2, 0.25) is 0 Å². The predicted octanol–water partition coefficient (Wildman–Crippen LogP) is 1.95. The zero-order valence-electron chi connectivity index (χ0n) is 8.61. The maximum atomic E-state index is 9.51. The second-order valence-corrected chi connectivity index (χ2v) is 4.12. The highest BCUT2D eigenvalue weighted by atomic mass is 16.3. The van der Waals surface area contributed by atoms with Gasteiger partial charge in [0.1, 0.15) is 11.6 Å². The fourth-order valence-corrected chi connectivity index (χ4v) is 2.39. The summed E-state index contributed by atoms with van der Waals surface area (Å²) in [6, 6.07) is 5.65. The van der Waals surface area contributed by atoms with Crippen LogP contribution in [0.1, 0.15) is 18.4 Å². The van der Waals surface area contributed by atoms with Gasteiger partial charge in [0, 0.05) is 31.3 Å². The molecule has 3 heteroatoms. The zero-order chi connectivity index (χ0) is 10.3. The predicted molar refractivity (Wildman–Crippen MR) is 60.7 cm³/mol. The van der Waals surface area contributed by atoms with Gasteiger partial charge in [0.15, 0.2) is 0 Å². The Kier molecular flexibility index (Phi) is 1.91. The van der Waals surface area contributed by atoms with Crippen molar-refractivity contribution in [2.75, 3.05) is 18.0 Å². The summed E-state index contributed by atoms with van der Waals surface area (Å²) in [7, 11) is 0. The van der Waals surface area contributed by atoms with E-state index in [4.69, 9.17) is 0 Å². The molecule has 1 N–H and O–H groups in total. The number of phenolic OH excluding ortho intramolecular Hbond substituents is 1. The third-order valence-electron chi connectivity index (χ3n) is 3.12. The van der Waals surface area contributed by atoms with Gasteiger partial charge in [-0.2, -0.15) is 0 Å². The molecule has 78 valence electrons. The molecule has 2 heterocycles. The highest BCUT2D eigenvalue weighted by molar-refractivity contribution is 6.01. The fraction of sp³-hybridized carbons (Fsp3) is 0.417. The lowest BCUT2D eigenvalue weighted by Crippen LogP contribution is -2.39. The maximum Gasteiger partial charge on any atom is 0.117 e. The molecule has 0 spiro atoms. The molecule has 0 saturated carbocycles. The molecule has 0 bridgehead atoms. The molecule has 0 fully saturated rings. The first-order valence-electron chi connectivity index (χ1n) is 5.47. The number of aryl methyl sites for hydroxylation is 1. The van der Waals surface area contributed by atoms with Gasteiger partial charge in [0.25, 0.3) is 0 Å². The van der Waals surface area contributed by atoms with E-state index in [1.54, 1.807) is 6.07 Å². The zero-order valence-corrected chi connectivity index (χ0v) is 8.61. The quantitative estimate of drug-likeness (QED) is 0.698. The SMILES string of the molecule is Oc1ccc2c(c1)N1CCCN=C1CC2. The van der Waals surface area contributed by atoms with E-state index in [1.165, 1.54) is 11.4 Å². The summed E-state index contributed by atoms with van der Waals surface area (Å²) in [6.07, 6.45) is 3.20. The molecular formula is C12H14N2O. The van der Waals surface area contributed by atoms with E-state index < -0.39 is 0 Å². The van der Waals surface area contributed by atoms with Crippen molar-refractivity contribution in [3.05, 3.63) is 23.8 Å². The van der Waals surface area contributed by atoms with Crippen molar-refractivity contribution in [1.82, 2.24) is 0 Å². The number of hydrogen-bond donors (Lipinski definition) is 1. The van der Waals surface area contributed by atoms with Crippen molar-refractivity contribution in [1.29, 1.82) is 0 Å². The number of fused-ring (bicyclic) bond motifs is 3. The van der Waals surface area contributed by atoms with E-state index in [2.05, 4.69) is 9.89 Å². The molecule has 0 aromatic heterocycles. The number of rotatable bonds is 0. The van der Waals surface area contributed by atoms with Crippen molar-refractivity contribution in [2.24, 2.45) is 4.99 Å². The number of benzene rings is 1. The average molecular weight is 202 g/mol. The van der Waals surface area contributed by atoms with Crippen LogP contribution in [0, 0.1) is 0 Å². The molecule has 0 amide bonds. The first-order chi connectivity index (χ1) is 7.34. The van der Waals surface area contributed by atoms with E-state index in [0.717, 1.165) is 38.0 Å². The molecule has 0 atom stereocenters. The molecule has 15 heavy (non-hydrogen) atoms. The third kappa shape index (κ3) is 1.39. The smallest absolute Gasteiger partial charge is 0.117 e. The molecule has 0 aliphatic carbocycles. The number of hydrogen-bond acceptors (Lipinski definition) is 3. The van der Waals surface area contributed by atoms with Gasteiger partial charge >= 0.3 is 0 Å². The maximum absolute atomic E-state index is 9.51. The second-order valence-electron chi connectivity index (χ2n) is 4.12. The van der Waals surface area contributed by atoms with Crippen LogP contribution in [0.3, 0.4) is 0 Å². The van der Waals surface area contributed by atoms with Crippen molar-refractivity contribution in [3.8, 4) is 5.75 Å². The van der Waals surface area contributed by atoms with Crippen molar-refractivity contribution < 1.29 is 5.11 Å². The van der Waals surface area contributed by atoms with Crippen molar-refractivity contribution in [2.45, 2.75) is 19.3 Å². The summed E-state index contributed by atoms with van der Waals surface area (Å²) in [5.41, 5.74) is 2.48. The Morgan fingerprint density at radius 2 is 2.20 bits per heavy atom. The Hall–Kier alpha value is -1.51. The molecule has 0 radical (unpaired) electrons. The van der Waals surface area contributed by atoms with Crippen molar-refractivity contribution in [3.63, 3.8) is 0 Å². The molecule has 1 aromatic carbocycles. The minimum Gasteiger partial charge on any atom is -0.508 e. The first kappa shape index (κ1) is 8.77. The topological polar surface area (TPSA) is 35.8 Å². The molecule has 3 nitrogen and oxygen atoms in total. The highest BCUT2D eigenvalue weighted by Crippen LogP contribution is 2.32. The van der Waals surface area contributed by atoms with Gasteiger partial charge in [-0.3, -0.25) is 4.99 Å². The van der Waals surface area contributed by atoms with Crippen LogP contribution in [0.5, 0.6) is 5.75 Å². The lowest BCUT2D eigenvalue weighted by Gasteiger charge is -2.35. The van der Waals surface area contributed by atoms with Crippen LogP contribution in [0.25, 0.3) is 0 Å². The van der Waals surface area contributed by atoms with Gasteiger partial charge in [0.05, 0.1) is 0 Å². The molecule has 0 unspecified atom stereocenters. The normalized spacial score (nSPS) is 19.2. The average Bonchev–Trinajstić information content (AvgIpc) is 2.29. The Balaban J connectivity index is 2.10. The van der Waals surface area contributed by atoms with E-state index in [9.17, 15) is 5.11 Å². The molecule has 1 aromatic rings. The van der Waals surface area contributed by atoms with Crippen LogP contribution in [0.15, 0.2) is 23.2 Å². The summed E-state index contributed by atoms with van der Waals surface area (Å²) < 4.78 is 0. The third-order valence-corrected chi connectivity index (χ3v) is 3.12. The van der Waals surface area contributed by atoms with Crippen LogP contribution in [0.4, 0.5) is 5.69 Å². The standard InChI is InChI=1S/C12H14N2O/c15-10-4-2-9-3-5-12-13-6-1-7-14(12)11(9)8-10/h2,4,8,15H,1,3,5-7H2. The first-order valence-corrected chi connectivity index (χ1v) is 5.47. The van der Waals surface area contributed by atoms with Crippen LogP contribution >= 0.6 is 0 Å². The Bertz CT molecular complexity index is 426. The van der Waals surface area contributed by atoms with E-state index >= 15 is 0 Å². The molecule has 3 rings (SSSR count). The number of nitrogens with zero attached hydrogens (tertiary/aromatic N) is 2. The minimum absolute atomic E-state index is 0.348. The minimum atomic E-state index is 0.348. The molecular weight excluding hydrogens is 188 g/mol. The molecule has 2 aliphatic heterocycles. The number of anilines is 1. The van der Waals surface area contributed by atoms with E-state index in [-0.39, 0.29) is 0 Å². The van der Waals surface area contributed by atoms with Gasteiger partial charge in [-0.25, -0.2) is 0 Å². The Morgan fingerprint density at radius 1 is 1.27 bits per heavy atom. The summed E-state index contributed by atoms with van der Waals surface area (Å²) in [6.45, 7) is 2.00.